The monoisotopic (exact) mass is 257 g/mol. The Balaban J connectivity index is 2.29. The highest BCUT2D eigenvalue weighted by atomic mass is 32.2. The molecule has 84 valence electrons. The number of sulfonamides is 1. The highest BCUT2D eigenvalue weighted by Crippen LogP contribution is 2.18. The Kier molecular flexibility index (Phi) is 2.93. The summed E-state index contributed by atoms with van der Waals surface area (Å²) in [6.07, 6.45) is 0. The van der Waals surface area contributed by atoms with E-state index >= 15 is 0 Å². The zero-order valence-electron chi connectivity index (χ0n) is 8.05. The third kappa shape index (κ3) is 2.40. The fourth-order valence-electron chi connectivity index (χ4n) is 1.15. The maximum Gasteiger partial charge on any atom is 0.261 e. The van der Waals surface area contributed by atoms with E-state index in [1.54, 1.807) is 16.8 Å². The van der Waals surface area contributed by atoms with Crippen molar-refractivity contribution in [3.05, 3.63) is 46.9 Å². The molecule has 2 rings (SSSR count). The van der Waals surface area contributed by atoms with Crippen LogP contribution in [-0.2, 0) is 10.0 Å². The smallest absolute Gasteiger partial charge is 0.261 e. The largest absolute Gasteiger partial charge is 0.279 e. The van der Waals surface area contributed by atoms with Gasteiger partial charge in [0.25, 0.3) is 10.0 Å². The maximum absolute atomic E-state index is 12.6. The zero-order chi connectivity index (χ0) is 11.6. The first-order valence-electron chi connectivity index (χ1n) is 4.38. The average Bonchev–Trinajstić information content (AvgIpc) is 2.70. The minimum atomic E-state index is -3.61. The van der Waals surface area contributed by atoms with Crippen LogP contribution in [0.3, 0.4) is 0 Å². The van der Waals surface area contributed by atoms with E-state index in [0.29, 0.717) is 5.69 Å². The van der Waals surface area contributed by atoms with Crippen LogP contribution < -0.4 is 4.72 Å². The minimum Gasteiger partial charge on any atom is -0.279 e. The van der Waals surface area contributed by atoms with Gasteiger partial charge in [0.05, 0.1) is 10.6 Å². The number of benzene rings is 1. The first kappa shape index (κ1) is 11.1. The summed E-state index contributed by atoms with van der Waals surface area (Å²) in [5.74, 6) is -0.463. The Hall–Kier alpha value is -1.40. The van der Waals surface area contributed by atoms with Gasteiger partial charge in [0, 0.05) is 5.38 Å². The summed E-state index contributed by atoms with van der Waals surface area (Å²) in [6, 6.07) is 6.34. The Morgan fingerprint density at radius 1 is 1.12 bits per heavy atom. The van der Waals surface area contributed by atoms with Gasteiger partial charge in [-0.25, -0.2) is 12.8 Å². The van der Waals surface area contributed by atoms with Gasteiger partial charge in [-0.1, -0.05) is 0 Å². The molecule has 0 radical (unpaired) electrons. The summed E-state index contributed by atoms with van der Waals surface area (Å²) >= 11 is 1.39. The topological polar surface area (TPSA) is 46.2 Å². The molecule has 0 amide bonds. The zero-order valence-corrected chi connectivity index (χ0v) is 9.69. The highest BCUT2D eigenvalue weighted by molar-refractivity contribution is 7.92. The van der Waals surface area contributed by atoms with E-state index in [0.717, 1.165) is 12.1 Å². The molecule has 0 spiro atoms. The van der Waals surface area contributed by atoms with Gasteiger partial charge in [0.1, 0.15) is 5.82 Å². The second kappa shape index (κ2) is 4.23. The Labute approximate surface area is 96.6 Å². The summed E-state index contributed by atoms with van der Waals surface area (Å²) in [5.41, 5.74) is 0.509. The Bertz CT molecular complexity index is 561. The predicted octanol–water partition coefficient (Wildman–Crippen LogP) is 2.69. The molecular formula is C10H8FNO2S2. The third-order valence-electron chi connectivity index (χ3n) is 1.90. The van der Waals surface area contributed by atoms with Crippen molar-refractivity contribution in [3.8, 4) is 0 Å². The molecule has 2 aromatic rings. The van der Waals surface area contributed by atoms with E-state index in [1.165, 1.54) is 23.5 Å². The van der Waals surface area contributed by atoms with Crippen LogP contribution >= 0.6 is 11.3 Å². The molecule has 1 heterocycles. The van der Waals surface area contributed by atoms with E-state index in [-0.39, 0.29) is 4.90 Å². The quantitative estimate of drug-likeness (QED) is 0.919. The lowest BCUT2D eigenvalue weighted by molar-refractivity contribution is 0.599. The van der Waals surface area contributed by atoms with Crippen LogP contribution in [-0.4, -0.2) is 8.42 Å². The highest BCUT2D eigenvalue weighted by Gasteiger charge is 2.13. The first-order valence-corrected chi connectivity index (χ1v) is 6.81. The maximum atomic E-state index is 12.6. The van der Waals surface area contributed by atoms with Crippen LogP contribution in [0.1, 0.15) is 0 Å². The van der Waals surface area contributed by atoms with Crippen molar-refractivity contribution in [2.75, 3.05) is 4.72 Å². The van der Waals surface area contributed by atoms with E-state index < -0.39 is 15.8 Å². The van der Waals surface area contributed by atoms with Gasteiger partial charge in [-0.15, -0.1) is 0 Å². The van der Waals surface area contributed by atoms with Crippen molar-refractivity contribution < 1.29 is 12.8 Å². The summed E-state index contributed by atoms with van der Waals surface area (Å²) in [7, 11) is -3.61. The number of halogens is 1. The van der Waals surface area contributed by atoms with Crippen LogP contribution in [0.5, 0.6) is 0 Å². The SMILES string of the molecule is O=S(=O)(Nc1ccsc1)c1ccc(F)cc1. The summed E-state index contributed by atoms with van der Waals surface area (Å²) in [5, 5.41) is 3.45. The molecule has 0 saturated carbocycles. The van der Waals surface area contributed by atoms with Crippen molar-refractivity contribution in [1.82, 2.24) is 0 Å². The van der Waals surface area contributed by atoms with Gasteiger partial charge in [0.15, 0.2) is 0 Å². The average molecular weight is 257 g/mol. The lowest BCUT2D eigenvalue weighted by atomic mass is 10.4. The molecule has 0 fully saturated rings. The second-order valence-electron chi connectivity index (χ2n) is 3.07. The number of hydrogen-bond acceptors (Lipinski definition) is 3. The normalized spacial score (nSPS) is 11.3. The molecule has 6 heteroatoms. The van der Waals surface area contributed by atoms with Crippen molar-refractivity contribution in [3.63, 3.8) is 0 Å². The fraction of sp³-hybridized carbons (Fsp3) is 0. The van der Waals surface area contributed by atoms with Crippen molar-refractivity contribution >= 4 is 27.0 Å². The van der Waals surface area contributed by atoms with Crippen LogP contribution in [0, 0.1) is 5.82 Å². The van der Waals surface area contributed by atoms with Gasteiger partial charge < -0.3 is 0 Å². The lowest BCUT2D eigenvalue weighted by Crippen LogP contribution is -2.12. The van der Waals surface area contributed by atoms with E-state index in [4.69, 9.17) is 0 Å². The summed E-state index contributed by atoms with van der Waals surface area (Å²) in [4.78, 5) is 0.0418. The number of hydrogen-bond donors (Lipinski definition) is 1. The van der Waals surface area contributed by atoms with Gasteiger partial charge in [-0.3, -0.25) is 4.72 Å². The van der Waals surface area contributed by atoms with Crippen LogP contribution in [0.15, 0.2) is 46.0 Å². The Morgan fingerprint density at radius 3 is 2.38 bits per heavy atom. The molecule has 0 aliphatic heterocycles. The van der Waals surface area contributed by atoms with E-state index in [2.05, 4.69) is 4.72 Å². The molecule has 1 aromatic heterocycles. The molecule has 3 nitrogen and oxygen atoms in total. The predicted molar refractivity (Wildman–Crippen MR) is 61.5 cm³/mol. The number of nitrogens with one attached hydrogen (secondary N) is 1. The van der Waals surface area contributed by atoms with Crippen LogP contribution in [0.25, 0.3) is 0 Å². The molecule has 1 aromatic carbocycles. The lowest BCUT2D eigenvalue weighted by Gasteiger charge is -2.05. The van der Waals surface area contributed by atoms with E-state index in [1.807, 2.05) is 0 Å². The van der Waals surface area contributed by atoms with Crippen LogP contribution in [0.4, 0.5) is 10.1 Å². The standard InChI is InChI=1S/C10H8FNO2S2/c11-8-1-3-10(4-2-8)16(13,14)12-9-5-6-15-7-9/h1-7,12H. The van der Waals surface area contributed by atoms with Gasteiger partial charge in [-0.2, -0.15) is 11.3 Å². The number of thiophene rings is 1. The first-order chi connectivity index (χ1) is 7.58. The van der Waals surface area contributed by atoms with Gasteiger partial charge in [0.2, 0.25) is 0 Å². The third-order valence-corrected chi connectivity index (χ3v) is 3.98. The fourth-order valence-corrected chi connectivity index (χ4v) is 2.86. The summed E-state index contributed by atoms with van der Waals surface area (Å²) < 4.78 is 38.6. The molecule has 0 saturated heterocycles. The van der Waals surface area contributed by atoms with Gasteiger partial charge >= 0.3 is 0 Å². The molecule has 0 bridgehead atoms. The number of rotatable bonds is 3. The second-order valence-corrected chi connectivity index (χ2v) is 5.53. The minimum absolute atomic E-state index is 0.0418. The molecule has 0 unspecified atom stereocenters. The van der Waals surface area contributed by atoms with E-state index in [9.17, 15) is 12.8 Å². The van der Waals surface area contributed by atoms with Crippen molar-refractivity contribution in [2.24, 2.45) is 0 Å². The molecule has 0 atom stereocenters. The molecule has 1 N–H and O–H groups in total. The molecule has 0 aliphatic carbocycles. The number of anilines is 1. The molecule has 0 aliphatic rings. The molecule has 16 heavy (non-hydrogen) atoms. The Morgan fingerprint density at radius 2 is 1.81 bits per heavy atom. The van der Waals surface area contributed by atoms with Gasteiger partial charge in [-0.05, 0) is 35.7 Å². The van der Waals surface area contributed by atoms with Crippen LogP contribution in [0.2, 0.25) is 0 Å². The van der Waals surface area contributed by atoms with Crippen molar-refractivity contribution in [1.29, 1.82) is 0 Å². The van der Waals surface area contributed by atoms with Crippen molar-refractivity contribution in [2.45, 2.75) is 4.90 Å². The molecular weight excluding hydrogens is 249 g/mol. The summed E-state index contributed by atoms with van der Waals surface area (Å²) in [6.45, 7) is 0.